The van der Waals surface area contributed by atoms with Gasteiger partial charge in [0.1, 0.15) is 5.52 Å². The Kier molecular flexibility index (Phi) is 4.27. The number of benzene rings is 1. The maximum Gasteiger partial charge on any atom is 0.297 e. The van der Waals surface area contributed by atoms with Gasteiger partial charge in [0.25, 0.3) is 5.56 Å². The van der Waals surface area contributed by atoms with Crippen LogP contribution in [0.5, 0.6) is 0 Å². The Bertz CT molecular complexity index is 1370. The molecule has 3 aromatic heterocycles. The molecule has 0 N–H and O–H groups in total. The molecule has 4 aromatic rings. The van der Waals surface area contributed by atoms with Crippen molar-refractivity contribution in [2.45, 2.75) is 39.0 Å². The average molecular weight is 424 g/mol. The molecule has 8 heteroatoms. The van der Waals surface area contributed by atoms with Gasteiger partial charge < -0.3 is 9.15 Å². The average Bonchev–Trinajstić information content (AvgIpc) is 3.06. The predicted octanol–water partition coefficient (Wildman–Crippen LogP) is 3.93. The van der Waals surface area contributed by atoms with Crippen LogP contribution in [-0.2, 0) is 24.3 Å². The third-order valence-corrected chi connectivity index (χ3v) is 5.55. The van der Waals surface area contributed by atoms with E-state index in [9.17, 15) is 9.59 Å². The van der Waals surface area contributed by atoms with E-state index < -0.39 is 5.56 Å². The number of pyridine rings is 1. The van der Waals surface area contributed by atoms with E-state index in [-0.39, 0.29) is 23.5 Å². The quantitative estimate of drug-likeness (QED) is 0.464. The number of furan rings is 1. The summed E-state index contributed by atoms with van der Waals surface area (Å²) in [5.41, 5.74) is 2.50. The van der Waals surface area contributed by atoms with E-state index in [1.807, 2.05) is 19.9 Å². The fourth-order valence-corrected chi connectivity index (χ4v) is 3.80. The fourth-order valence-electron chi connectivity index (χ4n) is 3.67. The lowest BCUT2D eigenvalue weighted by Crippen LogP contribution is -2.32. The second-order valence-electron chi connectivity index (χ2n) is 8.06. The minimum Gasteiger partial charge on any atom is -0.430 e. The Balaban J connectivity index is 1.55. The van der Waals surface area contributed by atoms with Crippen molar-refractivity contribution in [3.63, 3.8) is 0 Å². The van der Waals surface area contributed by atoms with Gasteiger partial charge in [0.15, 0.2) is 5.78 Å². The van der Waals surface area contributed by atoms with Crippen LogP contribution in [0.2, 0.25) is 5.02 Å². The van der Waals surface area contributed by atoms with Crippen LogP contribution in [0.15, 0.2) is 45.9 Å². The molecule has 0 atom stereocenters. The standard InChI is InChI=1S/C22H18ClN3O4/c1-22(2)8-16-13(10-29-22)7-15-18-19(30-20(15)25-16)21(28)26(11-24-18)9-17(27)12-3-5-14(23)6-4-12/h3-7,11H,8-10H2,1-2H3. The van der Waals surface area contributed by atoms with Crippen LogP contribution in [0.25, 0.3) is 22.2 Å². The highest BCUT2D eigenvalue weighted by Gasteiger charge is 2.28. The number of fused-ring (bicyclic) bond motifs is 4. The van der Waals surface area contributed by atoms with Crippen LogP contribution in [0.1, 0.15) is 35.5 Å². The van der Waals surface area contributed by atoms with Crippen molar-refractivity contribution in [1.29, 1.82) is 0 Å². The van der Waals surface area contributed by atoms with Crippen LogP contribution >= 0.6 is 11.6 Å². The van der Waals surface area contributed by atoms with Crippen LogP contribution in [-0.4, -0.2) is 25.9 Å². The van der Waals surface area contributed by atoms with Crippen LogP contribution in [0.4, 0.5) is 0 Å². The molecule has 4 heterocycles. The smallest absolute Gasteiger partial charge is 0.297 e. The molecule has 1 aliphatic rings. The Morgan fingerprint density at radius 1 is 1.27 bits per heavy atom. The summed E-state index contributed by atoms with van der Waals surface area (Å²) in [5.74, 6) is -0.223. The number of rotatable bonds is 3. The Labute approximate surface area is 176 Å². The summed E-state index contributed by atoms with van der Waals surface area (Å²) in [6, 6.07) is 8.45. The summed E-state index contributed by atoms with van der Waals surface area (Å²) >= 11 is 5.87. The number of Topliss-reactive ketones (excluding diaryl/α,β-unsaturated/α-hetero) is 1. The summed E-state index contributed by atoms with van der Waals surface area (Å²) in [5, 5.41) is 1.21. The number of ether oxygens (including phenoxy) is 1. The summed E-state index contributed by atoms with van der Waals surface area (Å²) in [7, 11) is 0. The van der Waals surface area contributed by atoms with Gasteiger partial charge in [0.2, 0.25) is 11.3 Å². The van der Waals surface area contributed by atoms with Crippen LogP contribution in [0.3, 0.4) is 0 Å². The monoisotopic (exact) mass is 423 g/mol. The second kappa shape index (κ2) is 6.75. The lowest BCUT2D eigenvalue weighted by molar-refractivity contribution is -0.0411. The molecule has 7 nitrogen and oxygen atoms in total. The molecule has 152 valence electrons. The van der Waals surface area contributed by atoms with E-state index >= 15 is 0 Å². The molecule has 0 radical (unpaired) electrons. The largest absolute Gasteiger partial charge is 0.430 e. The maximum absolute atomic E-state index is 12.9. The van der Waals surface area contributed by atoms with Gasteiger partial charge in [0, 0.05) is 22.6 Å². The lowest BCUT2D eigenvalue weighted by Gasteiger charge is -2.30. The number of ketones is 1. The van der Waals surface area contributed by atoms with Gasteiger partial charge in [-0.05, 0) is 44.2 Å². The van der Waals surface area contributed by atoms with Gasteiger partial charge in [-0.2, -0.15) is 0 Å². The minimum absolute atomic E-state index is 0.0893. The highest BCUT2D eigenvalue weighted by Crippen LogP contribution is 2.31. The van der Waals surface area contributed by atoms with Crippen molar-refractivity contribution in [2.75, 3.05) is 0 Å². The lowest BCUT2D eigenvalue weighted by atomic mass is 9.95. The first-order valence-electron chi connectivity index (χ1n) is 9.54. The summed E-state index contributed by atoms with van der Waals surface area (Å²) < 4.78 is 12.9. The highest BCUT2D eigenvalue weighted by atomic mass is 35.5. The maximum atomic E-state index is 12.9. The molecule has 0 spiro atoms. The normalized spacial score (nSPS) is 15.4. The molecular formula is C22H18ClN3O4. The van der Waals surface area contributed by atoms with Crippen molar-refractivity contribution in [1.82, 2.24) is 14.5 Å². The van der Waals surface area contributed by atoms with Gasteiger partial charge >= 0.3 is 0 Å². The van der Waals surface area contributed by atoms with E-state index in [0.29, 0.717) is 40.2 Å². The molecule has 0 aliphatic carbocycles. The number of carbonyl (C=O) groups excluding carboxylic acids is 1. The number of hydrogen-bond acceptors (Lipinski definition) is 6. The molecule has 0 fully saturated rings. The first-order chi connectivity index (χ1) is 14.3. The molecule has 0 unspecified atom stereocenters. The predicted molar refractivity (Wildman–Crippen MR) is 112 cm³/mol. The zero-order valence-electron chi connectivity index (χ0n) is 16.4. The first-order valence-corrected chi connectivity index (χ1v) is 9.92. The topological polar surface area (TPSA) is 87.2 Å². The summed E-state index contributed by atoms with van der Waals surface area (Å²) in [6.07, 6.45) is 2.02. The van der Waals surface area contributed by atoms with Crippen molar-refractivity contribution in [3.05, 3.63) is 68.9 Å². The fraction of sp³-hybridized carbons (Fsp3) is 0.273. The number of halogens is 1. The molecule has 0 saturated heterocycles. The molecule has 1 aliphatic heterocycles. The third-order valence-electron chi connectivity index (χ3n) is 5.30. The van der Waals surface area contributed by atoms with Crippen molar-refractivity contribution < 1.29 is 13.9 Å². The Morgan fingerprint density at radius 2 is 2.03 bits per heavy atom. The van der Waals surface area contributed by atoms with Gasteiger partial charge in [0.05, 0.1) is 36.2 Å². The molecule has 30 heavy (non-hydrogen) atoms. The molecule has 5 rings (SSSR count). The number of carbonyl (C=O) groups is 1. The van der Waals surface area contributed by atoms with Gasteiger partial charge in [-0.15, -0.1) is 0 Å². The highest BCUT2D eigenvalue weighted by molar-refractivity contribution is 6.30. The zero-order chi connectivity index (χ0) is 21.0. The first kappa shape index (κ1) is 19.0. The van der Waals surface area contributed by atoms with E-state index in [0.717, 1.165) is 11.3 Å². The minimum atomic E-state index is -0.421. The molecule has 1 aromatic carbocycles. The van der Waals surface area contributed by atoms with Crippen LogP contribution < -0.4 is 5.56 Å². The third kappa shape index (κ3) is 3.20. The Morgan fingerprint density at radius 3 is 2.80 bits per heavy atom. The summed E-state index contributed by atoms with van der Waals surface area (Å²) in [6.45, 7) is 4.33. The second-order valence-corrected chi connectivity index (χ2v) is 8.50. The van der Waals surface area contributed by atoms with Crippen molar-refractivity contribution >= 4 is 39.6 Å². The van der Waals surface area contributed by atoms with E-state index in [1.165, 1.54) is 10.9 Å². The van der Waals surface area contributed by atoms with Gasteiger partial charge in [-0.3, -0.25) is 14.2 Å². The van der Waals surface area contributed by atoms with E-state index in [1.54, 1.807) is 24.3 Å². The molecular weight excluding hydrogens is 406 g/mol. The SMILES string of the molecule is CC1(C)Cc2nc3oc4c(=O)n(CC(=O)c5ccc(Cl)cc5)cnc4c3cc2CO1. The zero-order valence-corrected chi connectivity index (χ0v) is 17.2. The van der Waals surface area contributed by atoms with Crippen LogP contribution in [0, 0.1) is 0 Å². The van der Waals surface area contributed by atoms with Gasteiger partial charge in [-0.1, -0.05) is 11.6 Å². The molecule has 0 saturated carbocycles. The number of aromatic nitrogens is 3. The van der Waals surface area contributed by atoms with E-state index in [4.69, 9.17) is 20.8 Å². The van der Waals surface area contributed by atoms with Gasteiger partial charge in [-0.25, -0.2) is 9.97 Å². The van der Waals surface area contributed by atoms with Crippen molar-refractivity contribution in [2.24, 2.45) is 0 Å². The van der Waals surface area contributed by atoms with E-state index in [2.05, 4.69) is 9.97 Å². The summed E-state index contributed by atoms with van der Waals surface area (Å²) in [4.78, 5) is 34.5. The molecule has 0 amide bonds. The molecule has 0 bridgehead atoms. The van der Waals surface area contributed by atoms with Crippen molar-refractivity contribution in [3.8, 4) is 0 Å². The Hall–Kier alpha value is -3.03. The number of nitrogens with zero attached hydrogens (tertiary/aromatic N) is 3. The number of hydrogen-bond donors (Lipinski definition) is 0.